The largest absolute Gasteiger partial charge is 0.463 e. The first-order chi connectivity index (χ1) is 6.44. The number of cyclic esters (lactones) is 1. The van der Waals surface area contributed by atoms with Crippen LogP contribution >= 0.6 is 15.9 Å². The van der Waals surface area contributed by atoms with Crippen LogP contribution in [0, 0.1) is 0 Å². The van der Waals surface area contributed by atoms with Crippen LogP contribution in [0.15, 0.2) is 11.1 Å². The van der Waals surface area contributed by atoms with E-state index in [0.717, 1.165) is 4.48 Å². The second-order valence-corrected chi connectivity index (χ2v) is 3.62. The van der Waals surface area contributed by atoms with Crippen LogP contribution in [0.3, 0.4) is 0 Å². The fourth-order valence-corrected chi connectivity index (χ4v) is 1.07. The van der Waals surface area contributed by atoms with Gasteiger partial charge in [-0.05, 0) is 10.9 Å². The fraction of sp³-hybridized carbons (Fsp3) is 0.625. The minimum absolute atomic E-state index is 0.257. The van der Waals surface area contributed by atoms with Crippen molar-refractivity contribution in [1.82, 2.24) is 4.90 Å². The Morgan fingerprint density at radius 1 is 1.92 bits per heavy atom. The molecule has 12 heavy (non-hydrogen) atoms. The second-order valence-electron chi connectivity index (χ2n) is 2.50. The Bertz CT molecular complexity index is 258. The van der Waals surface area contributed by atoms with Gasteiger partial charge in [-0.2, -0.15) is 0 Å². The van der Waals surface area contributed by atoms with Crippen molar-refractivity contribution in [2.24, 2.45) is 0 Å². The minimum Gasteiger partial charge on any atom is -0.463 e. The molecule has 0 aromatic carbocycles. The van der Waals surface area contributed by atoms with E-state index in [-0.39, 0.29) is 6.61 Å². The Morgan fingerprint density at radius 2 is 2.67 bits per heavy atom. The molecule has 0 atom stereocenters. The lowest BCUT2D eigenvalue weighted by atomic mass is 10.3. The van der Waals surface area contributed by atoms with Crippen molar-refractivity contribution in [3.8, 4) is 0 Å². The maximum atomic E-state index is 11.1. The summed E-state index contributed by atoms with van der Waals surface area (Å²) in [6, 6.07) is 0. The summed E-state index contributed by atoms with van der Waals surface area (Å²) in [4.78, 5) is 12.6. The molecule has 0 N–H and O–H groups in total. The third kappa shape index (κ3) is 3.36. The molecule has 0 aliphatic carbocycles. The Hall–Kier alpha value is -0.350. The van der Waals surface area contributed by atoms with Gasteiger partial charge in [0, 0.05) is 13.1 Å². The lowest BCUT2D eigenvalue weighted by Crippen LogP contribution is -2.40. The van der Waals surface area contributed by atoms with E-state index in [1.165, 1.54) is 4.90 Å². The van der Waals surface area contributed by atoms with Gasteiger partial charge in [0.25, 0.3) is 0 Å². The number of rotatable bonds is 3. The molecule has 0 aromatic rings. The number of morpholine rings is 1. The molecule has 1 heterocycles. The number of nitrogens with zero attached hydrogens (tertiary/aromatic N) is 1. The van der Waals surface area contributed by atoms with Crippen molar-refractivity contribution in [3.63, 3.8) is 0 Å². The van der Waals surface area contributed by atoms with Crippen LogP contribution in [0.2, 0.25) is 0 Å². The highest BCUT2D eigenvalue weighted by Crippen LogP contribution is 2.08. The monoisotopic (exact) mass is 235 g/mol. The van der Waals surface area contributed by atoms with Crippen LogP contribution in [-0.4, -0.2) is 37.1 Å². The smallest absolute Gasteiger partial charge is 0.320 e. The Morgan fingerprint density at radius 3 is 3.33 bits per heavy atom. The Balaban J connectivity index is 2.58. The average Bonchev–Trinajstić information content (AvgIpc) is 2.07. The van der Waals surface area contributed by atoms with Gasteiger partial charge in [0.05, 0.1) is 9.24 Å². The molecule has 1 aliphatic rings. The van der Waals surface area contributed by atoms with E-state index in [1.54, 1.807) is 0 Å². The molecule has 0 amide bonds. The van der Waals surface area contributed by atoms with E-state index >= 15 is 0 Å². The van der Waals surface area contributed by atoms with Crippen molar-refractivity contribution < 1.29 is 12.3 Å². The van der Waals surface area contributed by atoms with Gasteiger partial charge < -0.3 is 4.74 Å². The summed E-state index contributed by atoms with van der Waals surface area (Å²) in [5, 5.41) is 0. The van der Waals surface area contributed by atoms with Gasteiger partial charge in [0.15, 0.2) is 0 Å². The van der Waals surface area contributed by atoms with Gasteiger partial charge in [0.2, 0.25) is 0 Å². The number of hydrogen-bond acceptors (Lipinski definition) is 3. The quantitative estimate of drug-likeness (QED) is 0.688. The van der Waals surface area contributed by atoms with E-state index in [2.05, 4.69) is 27.2 Å². The van der Waals surface area contributed by atoms with E-state index < -0.39 is 12.5 Å². The lowest BCUT2D eigenvalue weighted by molar-refractivity contribution is -0.150. The normalized spacial score (nSPS) is 25.6. The van der Waals surface area contributed by atoms with Gasteiger partial charge in [0.1, 0.15) is 6.61 Å². The third-order valence-corrected chi connectivity index (χ3v) is 1.89. The van der Waals surface area contributed by atoms with Gasteiger partial charge in [-0.3, -0.25) is 9.69 Å². The highest BCUT2D eigenvalue weighted by molar-refractivity contribution is 9.11. The zero-order valence-electron chi connectivity index (χ0n) is 8.68. The molecule has 1 rings (SSSR count). The van der Waals surface area contributed by atoms with Crippen LogP contribution in [0.1, 0.15) is 9.16 Å². The first-order valence-electron chi connectivity index (χ1n) is 4.70. The summed E-state index contributed by atoms with van der Waals surface area (Å²) in [5.41, 5.74) is 0. The van der Waals surface area contributed by atoms with Crippen molar-refractivity contribution in [1.29, 1.82) is 0 Å². The van der Waals surface area contributed by atoms with Crippen LogP contribution in [0.5, 0.6) is 0 Å². The lowest BCUT2D eigenvalue weighted by Gasteiger charge is -2.25. The van der Waals surface area contributed by atoms with Crippen molar-refractivity contribution in [3.05, 3.63) is 11.1 Å². The number of hydrogen-bond donors (Lipinski definition) is 0. The molecule has 1 saturated heterocycles. The molecule has 0 unspecified atom stereocenters. The van der Waals surface area contributed by atoms with E-state index in [1.807, 2.05) is 0 Å². The predicted octanol–water partition coefficient (Wildman–Crippen LogP) is 1.14. The van der Waals surface area contributed by atoms with E-state index in [0.29, 0.717) is 19.5 Å². The van der Waals surface area contributed by atoms with Gasteiger partial charge in [-0.15, -0.1) is 0 Å². The zero-order chi connectivity index (χ0) is 10.8. The number of carbonyl (C=O) groups excluding carboxylic acids is 1. The SMILES string of the molecule is [2H]C1([2H])C(=O)OCCN1CCC(=C)Br. The van der Waals surface area contributed by atoms with E-state index in [9.17, 15) is 4.79 Å². The first-order valence-corrected chi connectivity index (χ1v) is 4.49. The molecule has 0 radical (unpaired) electrons. The minimum atomic E-state index is -2.00. The Kier molecular flexibility index (Phi) is 2.73. The fourth-order valence-electron chi connectivity index (χ4n) is 0.890. The molecule has 0 bridgehead atoms. The van der Waals surface area contributed by atoms with Gasteiger partial charge in [-0.1, -0.05) is 22.5 Å². The van der Waals surface area contributed by atoms with Gasteiger partial charge in [-0.25, -0.2) is 0 Å². The van der Waals surface area contributed by atoms with Crippen LogP contribution in [0.4, 0.5) is 0 Å². The molecule has 0 spiro atoms. The molecular formula is C8H12BrNO2. The van der Waals surface area contributed by atoms with E-state index in [4.69, 9.17) is 2.74 Å². The summed E-state index contributed by atoms with van der Waals surface area (Å²) in [5.74, 6) is -0.802. The van der Waals surface area contributed by atoms with Crippen LogP contribution in [0.25, 0.3) is 0 Å². The zero-order valence-corrected chi connectivity index (χ0v) is 8.26. The maximum Gasteiger partial charge on any atom is 0.320 e. The number of ether oxygens (including phenoxy) is 1. The van der Waals surface area contributed by atoms with Crippen molar-refractivity contribution in [2.45, 2.75) is 6.42 Å². The highest BCUT2D eigenvalue weighted by atomic mass is 79.9. The molecule has 0 aromatic heterocycles. The third-order valence-electron chi connectivity index (χ3n) is 1.50. The second kappa shape index (κ2) is 4.62. The molecule has 4 heteroatoms. The molecular weight excluding hydrogens is 222 g/mol. The topological polar surface area (TPSA) is 29.5 Å². The van der Waals surface area contributed by atoms with Crippen LogP contribution in [-0.2, 0) is 9.53 Å². The summed E-state index contributed by atoms with van der Waals surface area (Å²) in [6.45, 7) is 2.81. The molecule has 1 aliphatic heterocycles. The number of halogens is 1. The Labute approximate surface area is 83.3 Å². The molecule has 0 saturated carbocycles. The molecule has 68 valence electrons. The molecule has 1 fully saturated rings. The summed E-state index contributed by atoms with van der Waals surface area (Å²) in [7, 11) is 0. The number of carbonyl (C=O) groups is 1. The van der Waals surface area contributed by atoms with Crippen molar-refractivity contribution in [2.75, 3.05) is 26.2 Å². The number of esters is 1. The highest BCUT2D eigenvalue weighted by Gasteiger charge is 2.16. The average molecular weight is 236 g/mol. The van der Waals surface area contributed by atoms with Crippen LogP contribution < -0.4 is 0 Å². The first kappa shape index (κ1) is 7.09. The van der Waals surface area contributed by atoms with Gasteiger partial charge >= 0.3 is 5.97 Å². The maximum absolute atomic E-state index is 11.1. The standard InChI is InChI=1S/C8H12BrNO2/c1-7(9)2-3-10-4-5-12-8(11)6-10/h1-6H2/i6D2. The molecule has 3 nitrogen and oxygen atoms in total. The predicted molar refractivity (Wildman–Crippen MR) is 50.1 cm³/mol. The summed E-state index contributed by atoms with van der Waals surface area (Å²) in [6.07, 6.45) is 0.618. The summed E-state index contributed by atoms with van der Waals surface area (Å²) < 4.78 is 20.5. The van der Waals surface area contributed by atoms with Crippen molar-refractivity contribution >= 4 is 21.9 Å². The summed E-state index contributed by atoms with van der Waals surface area (Å²) >= 11 is 3.19.